The van der Waals surface area contributed by atoms with Crippen molar-refractivity contribution < 1.29 is 9.90 Å². The van der Waals surface area contributed by atoms with Crippen molar-refractivity contribution in [2.75, 3.05) is 0 Å². The van der Waals surface area contributed by atoms with Crippen LogP contribution in [0.5, 0.6) is 0 Å². The Labute approximate surface area is 92.5 Å². The monoisotopic (exact) mass is 232 g/mol. The Balaban J connectivity index is 2.83. The summed E-state index contributed by atoms with van der Waals surface area (Å²) in [5, 5.41) is 9.05. The summed E-state index contributed by atoms with van der Waals surface area (Å²) in [5.74, 6) is -0.804. The lowest BCUT2D eigenvalue weighted by molar-refractivity contribution is -0.139. The van der Waals surface area contributed by atoms with Gasteiger partial charge in [-0.25, -0.2) is 0 Å². The van der Waals surface area contributed by atoms with Gasteiger partial charge in [0.1, 0.15) is 0 Å². The fraction of sp³-hybridized carbons (Fsp3) is 0.500. The minimum Gasteiger partial charge on any atom is -0.481 e. The van der Waals surface area contributed by atoms with Gasteiger partial charge in [-0.3, -0.25) is 4.79 Å². The van der Waals surface area contributed by atoms with E-state index in [-0.39, 0.29) is 0 Å². The highest BCUT2D eigenvalue weighted by atomic mass is 35.5. The molecular weight excluding hydrogens is 220 g/mol. The first-order chi connectivity index (χ1) is 6.50. The van der Waals surface area contributed by atoms with E-state index < -0.39 is 11.9 Å². The van der Waals surface area contributed by atoms with Gasteiger partial charge in [0.25, 0.3) is 0 Å². The van der Waals surface area contributed by atoms with Gasteiger partial charge in [-0.1, -0.05) is 25.4 Å². The molecule has 2 nitrogen and oxygen atoms in total. The lowest BCUT2D eigenvalue weighted by Crippen LogP contribution is -2.12. The Morgan fingerprint density at radius 2 is 2.21 bits per heavy atom. The van der Waals surface area contributed by atoms with E-state index in [4.69, 9.17) is 16.7 Å². The van der Waals surface area contributed by atoms with Crippen LogP contribution in [0.25, 0.3) is 0 Å². The standard InChI is InChI=1S/C10H13ClO2S/c1-6(2)5-7(10(12)13)8-3-4-9(11)14-8/h3-4,6-7H,5H2,1-2H3,(H,12,13). The Bertz CT molecular complexity index is 320. The molecule has 1 aromatic heterocycles. The van der Waals surface area contributed by atoms with Crippen molar-refractivity contribution in [3.63, 3.8) is 0 Å². The maximum absolute atomic E-state index is 11.0. The highest BCUT2D eigenvalue weighted by molar-refractivity contribution is 7.16. The Hall–Kier alpha value is -0.540. The van der Waals surface area contributed by atoms with Gasteiger partial charge in [0.2, 0.25) is 0 Å². The van der Waals surface area contributed by atoms with Gasteiger partial charge in [0, 0.05) is 4.88 Å². The molecule has 0 spiro atoms. The summed E-state index contributed by atoms with van der Waals surface area (Å²) in [6, 6.07) is 3.55. The third kappa shape index (κ3) is 3.00. The van der Waals surface area contributed by atoms with E-state index >= 15 is 0 Å². The topological polar surface area (TPSA) is 37.3 Å². The molecule has 0 fully saturated rings. The molecule has 1 N–H and O–H groups in total. The van der Waals surface area contributed by atoms with E-state index in [0.29, 0.717) is 16.7 Å². The highest BCUT2D eigenvalue weighted by Gasteiger charge is 2.22. The molecule has 0 aliphatic heterocycles. The van der Waals surface area contributed by atoms with Crippen LogP contribution in [0.3, 0.4) is 0 Å². The van der Waals surface area contributed by atoms with Crippen LogP contribution in [0.15, 0.2) is 12.1 Å². The molecule has 0 saturated carbocycles. The number of halogens is 1. The molecule has 0 saturated heterocycles. The van der Waals surface area contributed by atoms with Crippen molar-refractivity contribution in [1.82, 2.24) is 0 Å². The molecule has 0 aliphatic rings. The third-order valence-corrected chi connectivity index (χ3v) is 3.29. The van der Waals surface area contributed by atoms with Crippen molar-refractivity contribution in [1.29, 1.82) is 0 Å². The lowest BCUT2D eigenvalue weighted by Gasteiger charge is -2.12. The number of hydrogen-bond donors (Lipinski definition) is 1. The fourth-order valence-corrected chi connectivity index (χ4v) is 2.49. The van der Waals surface area contributed by atoms with Crippen LogP contribution in [0.1, 0.15) is 31.1 Å². The molecule has 0 aromatic carbocycles. The number of thiophene rings is 1. The van der Waals surface area contributed by atoms with Gasteiger partial charge in [0.15, 0.2) is 0 Å². The molecule has 0 aliphatic carbocycles. The van der Waals surface area contributed by atoms with E-state index in [0.717, 1.165) is 4.88 Å². The summed E-state index contributed by atoms with van der Waals surface area (Å²) in [5.41, 5.74) is 0. The molecule has 4 heteroatoms. The molecule has 1 unspecified atom stereocenters. The van der Waals surface area contributed by atoms with Crippen LogP contribution < -0.4 is 0 Å². The van der Waals surface area contributed by atoms with Crippen LogP contribution in [-0.4, -0.2) is 11.1 Å². The Morgan fingerprint density at radius 1 is 1.57 bits per heavy atom. The summed E-state index contributed by atoms with van der Waals surface area (Å²) < 4.78 is 0.648. The minimum atomic E-state index is -0.766. The van der Waals surface area contributed by atoms with Crippen LogP contribution in [0.4, 0.5) is 0 Å². The molecule has 1 aromatic rings. The van der Waals surface area contributed by atoms with E-state index in [9.17, 15) is 4.79 Å². The number of carboxylic acid groups (broad SMARTS) is 1. The first-order valence-electron chi connectivity index (χ1n) is 4.48. The fourth-order valence-electron chi connectivity index (χ4n) is 1.33. The average Bonchev–Trinajstić information content (AvgIpc) is 2.46. The predicted octanol–water partition coefficient (Wildman–Crippen LogP) is 3.62. The van der Waals surface area contributed by atoms with E-state index in [1.54, 1.807) is 12.1 Å². The normalized spacial score (nSPS) is 13.1. The molecule has 14 heavy (non-hydrogen) atoms. The third-order valence-electron chi connectivity index (χ3n) is 1.94. The molecular formula is C10H13ClO2S. The number of hydrogen-bond acceptors (Lipinski definition) is 2. The van der Waals surface area contributed by atoms with E-state index in [1.165, 1.54) is 11.3 Å². The van der Waals surface area contributed by atoms with Crippen molar-refractivity contribution in [2.45, 2.75) is 26.2 Å². The molecule has 1 heterocycles. The summed E-state index contributed by atoms with van der Waals surface area (Å²) in [4.78, 5) is 11.9. The lowest BCUT2D eigenvalue weighted by atomic mass is 9.96. The molecule has 1 rings (SSSR count). The SMILES string of the molecule is CC(C)CC(C(=O)O)c1ccc(Cl)s1. The van der Waals surface area contributed by atoms with Gasteiger partial charge in [-0.15, -0.1) is 11.3 Å². The zero-order chi connectivity index (χ0) is 10.7. The molecule has 0 radical (unpaired) electrons. The van der Waals surface area contributed by atoms with Crippen molar-refractivity contribution in [2.24, 2.45) is 5.92 Å². The smallest absolute Gasteiger partial charge is 0.311 e. The Morgan fingerprint density at radius 3 is 2.57 bits per heavy atom. The second-order valence-electron chi connectivity index (χ2n) is 3.66. The first-order valence-corrected chi connectivity index (χ1v) is 5.68. The van der Waals surface area contributed by atoms with Crippen molar-refractivity contribution >= 4 is 28.9 Å². The average molecular weight is 233 g/mol. The summed E-state index contributed by atoms with van der Waals surface area (Å²) in [7, 11) is 0. The van der Waals surface area contributed by atoms with E-state index in [2.05, 4.69) is 0 Å². The minimum absolute atomic E-state index is 0.372. The van der Waals surface area contributed by atoms with Crippen LogP contribution in [0, 0.1) is 5.92 Å². The molecule has 78 valence electrons. The van der Waals surface area contributed by atoms with E-state index in [1.807, 2.05) is 13.8 Å². The van der Waals surface area contributed by atoms with Gasteiger partial charge in [0.05, 0.1) is 10.3 Å². The van der Waals surface area contributed by atoms with Gasteiger partial charge in [-0.05, 0) is 24.5 Å². The summed E-state index contributed by atoms with van der Waals surface area (Å²) >= 11 is 7.12. The highest BCUT2D eigenvalue weighted by Crippen LogP contribution is 2.32. The Kier molecular flexibility index (Phi) is 3.96. The second kappa shape index (κ2) is 4.80. The molecule has 0 bridgehead atoms. The predicted molar refractivity (Wildman–Crippen MR) is 59.2 cm³/mol. The number of aliphatic carboxylic acids is 1. The van der Waals surface area contributed by atoms with Gasteiger partial charge >= 0.3 is 5.97 Å². The maximum Gasteiger partial charge on any atom is 0.311 e. The molecule has 1 atom stereocenters. The quantitative estimate of drug-likeness (QED) is 0.861. The summed E-state index contributed by atoms with van der Waals surface area (Å²) in [6.45, 7) is 4.04. The maximum atomic E-state index is 11.0. The number of carbonyl (C=O) groups is 1. The van der Waals surface area contributed by atoms with Crippen LogP contribution in [-0.2, 0) is 4.79 Å². The van der Waals surface area contributed by atoms with Crippen molar-refractivity contribution in [3.05, 3.63) is 21.3 Å². The zero-order valence-corrected chi connectivity index (χ0v) is 9.73. The number of rotatable bonds is 4. The van der Waals surface area contributed by atoms with Gasteiger partial charge in [-0.2, -0.15) is 0 Å². The van der Waals surface area contributed by atoms with Crippen molar-refractivity contribution in [3.8, 4) is 0 Å². The first kappa shape index (κ1) is 11.5. The van der Waals surface area contributed by atoms with Gasteiger partial charge < -0.3 is 5.11 Å². The van der Waals surface area contributed by atoms with Crippen LogP contribution >= 0.6 is 22.9 Å². The second-order valence-corrected chi connectivity index (χ2v) is 5.41. The largest absolute Gasteiger partial charge is 0.481 e. The summed E-state index contributed by atoms with van der Waals surface area (Å²) in [6.07, 6.45) is 0.659. The molecule has 0 amide bonds. The van der Waals surface area contributed by atoms with Crippen LogP contribution in [0.2, 0.25) is 4.34 Å². The zero-order valence-electron chi connectivity index (χ0n) is 8.16. The number of carboxylic acids is 1.